The van der Waals surface area contributed by atoms with Crippen LogP contribution in [0.15, 0.2) is 30.9 Å². The number of ether oxygens (including phenoxy) is 1. The van der Waals surface area contributed by atoms with E-state index in [2.05, 4.69) is 22.7 Å². The van der Waals surface area contributed by atoms with E-state index in [9.17, 15) is 4.79 Å². The SMILES string of the molecule is C=CCNC(=S)NNC(=O)COc1c(C)cccc1C. The van der Waals surface area contributed by atoms with E-state index in [1.807, 2.05) is 32.0 Å². The molecule has 0 aliphatic heterocycles. The number of hydrogen-bond acceptors (Lipinski definition) is 3. The van der Waals surface area contributed by atoms with Crippen LogP contribution in [0.2, 0.25) is 0 Å². The number of nitrogens with one attached hydrogen (secondary N) is 3. The molecule has 1 aromatic carbocycles. The summed E-state index contributed by atoms with van der Waals surface area (Å²) in [6.07, 6.45) is 1.67. The van der Waals surface area contributed by atoms with Crippen molar-refractivity contribution in [2.45, 2.75) is 13.8 Å². The molecule has 0 unspecified atom stereocenters. The molecule has 0 aliphatic carbocycles. The zero-order valence-corrected chi connectivity index (χ0v) is 12.5. The minimum absolute atomic E-state index is 0.0806. The van der Waals surface area contributed by atoms with Crippen molar-refractivity contribution < 1.29 is 9.53 Å². The van der Waals surface area contributed by atoms with Crippen molar-refractivity contribution in [3.63, 3.8) is 0 Å². The van der Waals surface area contributed by atoms with E-state index in [-0.39, 0.29) is 12.5 Å². The second-order valence-electron chi connectivity index (χ2n) is 4.18. The average Bonchev–Trinajstić information content (AvgIpc) is 2.42. The topological polar surface area (TPSA) is 62.4 Å². The third kappa shape index (κ3) is 5.27. The molecule has 108 valence electrons. The van der Waals surface area contributed by atoms with Crippen molar-refractivity contribution >= 4 is 23.2 Å². The summed E-state index contributed by atoms with van der Waals surface area (Å²) >= 11 is 4.93. The molecule has 0 fully saturated rings. The molecule has 0 aromatic heterocycles. The van der Waals surface area contributed by atoms with Crippen LogP contribution in [-0.4, -0.2) is 24.2 Å². The number of carbonyl (C=O) groups excluding carboxylic acids is 1. The van der Waals surface area contributed by atoms with Crippen LogP contribution >= 0.6 is 12.2 Å². The molecule has 0 saturated heterocycles. The highest BCUT2D eigenvalue weighted by Gasteiger charge is 2.07. The molecule has 0 saturated carbocycles. The van der Waals surface area contributed by atoms with E-state index in [0.29, 0.717) is 11.7 Å². The number of thiocarbonyl (C=S) groups is 1. The Labute approximate surface area is 124 Å². The van der Waals surface area contributed by atoms with Gasteiger partial charge in [-0.1, -0.05) is 24.3 Å². The van der Waals surface area contributed by atoms with Gasteiger partial charge in [0.05, 0.1) is 0 Å². The lowest BCUT2D eigenvalue weighted by Gasteiger charge is -2.13. The van der Waals surface area contributed by atoms with Gasteiger partial charge in [0.25, 0.3) is 5.91 Å². The fraction of sp³-hybridized carbons (Fsp3) is 0.286. The molecule has 1 amide bonds. The van der Waals surface area contributed by atoms with Crippen LogP contribution in [0.1, 0.15) is 11.1 Å². The summed E-state index contributed by atoms with van der Waals surface area (Å²) in [5.41, 5.74) is 7.01. The van der Waals surface area contributed by atoms with Crippen molar-refractivity contribution in [3.05, 3.63) is 42.0 Å². The number of carbonyl (C=O) groups is 1. The van der Waals surface area contributed by atoms with Gasteiger partial charge in [0.2, 0.25) is 0 Å². The van der Waals surface area contributed by atoms with Crippen LogP contribution in [-0.2, 0) is 4.79 Å². The largest absolute Gasteiger partial charge is 0.483 e. The number of hydrazine groups is 1. The number of rotatable bonds is 5. The Balaban J connectivity index is 2.37. The van der Waals surface area contributed by atoms with Crippen LogP contribution in [0.25, 0.3) is 0 Å². The monoisotopic (exact) mass is 293 g/mol. The van der Waals surface area contributed by atoms with Crippen LogP contribution < -0.4 is 20.9 Å². The lowest BCUT2D eigenvalue weighted by atomic mass is 10.1. The molecular weight excluding hydrogens is 274 g/mol. The van der Waals surface area contributed by atoms with Gasteiger partial charge in [0.15, 0.2) is 11.7 Å². The third-order valence-electron chi connectivity index (χ3n) is 2.48. The van der Waals surface area contributed by atoms with Gasteiger partial charge in [-0.05, 0) is 37.2 Å². The Morgan fingerprint density at radius 1 is 1.35 bits per heavy atom. The summed E-state index contributed by atoms with van der Waals surface area (Å²) in [7, 11) is 0. The summed E-state index contributed by atoms with van der Waals surface area (Å²) in [6.45, 7) is 7.87. The quantitative estimate of drug-likeness (QED) is 0.435. The van der Waals surface area contributed by atoms with Crippen molar-refractivity contribution in [2.75, 3.05) is 13.2 Å². The zero-order valence-electron chi connectivity index (χ0n) is 11.7. The van der Waals surface area contributed by atoms with Crippen LogP contribution in [0.5, 0.6) is 5.75 Å². The van der Waals surface area contributed by atoms with Gasteiger partial charge in [0.1, 0.15) is 5.75 Å². The van der Waals surface area contributed by atoms with E-state index < -0.39 is 0 Å². The average molecular weight is 293 g/mol. The number of aryl methyl sites for hydroxylation is 2. The molecule has 0 aliphatic rings. The first kappa shape index (κ1) is 16.0. The van der Waals surface area contributed by atoms with Gasteiger partial charge in [-0.2, -0.15) is 0 Å². The van der Waals surface area contributed by atoms with Crippen molar-refractivity contribution in [1.82, 2.24) is 16.2 Å². The third-order valence-corrected chi connectivity index (χ3v) is 2.73. The van der Waals surface area contributed by atoms with Gasteiger partial charge >= 0.3 is 0 Å². The first-order valence-corrected chi connectivity index (χ1v) is 6.58. The van der Waals surface area contributed by atoms with Crippen LogP contribution in [0.4, 0.5) is 0 Å². The normalized spacial score (nSPS) is 9.50. The van der Waals surface area contributed by atoms with E-state index in [1.54, 1.807) is 6.08 Å². The van der Waals surface area contributed by atoms with Gasteiger partial charge in [-0.15, -0.1) is 6.58 Å². The molecule has 6 heteroatoms. The van der Waals surface area contributed by atoms with Gasteiger partial charge in [0, 0.05) is 6.54 Å². The highest BCUT2D eigenvalue weighted by molar-refractivity contribution is 7.80. The molecule has 0 atom stereocenters. The molecule has 0 spiro atoms. The van der Waals surface area contributed by atoms with Crippen molar-refractivity contribution in [2.24, 2.45) is 0 Å². The molecule has 5 nitrogen and oxygen atoms in total. The first-order valence-electron chi connectivity index (χ1n) is 6.17. The molecule has 0 radical (unpaired) electrons. The second kappa shape index (κ2) is 8.16. The fourth-order valence-corrected chi connectivity index (χ4v) is 1.67. The number of para-hydroxylation sites is 1. The predicted molar refractivity (Wildman–Crippen MR) is 83.5 cm³/mol. The molecule has 1 aromatic rings. The maximum absolute atomic E-state index is 11.6. The Morgan fingerprint density at radius 2 is 2.00 bits per heavy atom. The summed E-state index contributed by atoms with van der Waals surface area (Å²) in [4.78, 5) is 11.6. The van der Waals surface area contributed by atoms with Gasteiger partial charge in [-0.25, -0.2) is 0 Å². The minimum atomic E-state index is -0.310. The minimum Gasteiger partial charge on any atom is -0.483 e. The number of hydrogen-bond donors (Lipinski definition) is 3. The standard InChI is InChI=1S/C14H19N3O2S/c1-4-8-15-14(20)17-16-12(18)9-19-13-10(2)6-5-7-11(13)3/h4-7H,1,8-9H2,2-3H3,(H,16,18)(H2,15,17,20). The Kier molecular flexibility index (Phi) is 6.52. The second-order valence-corrected chi connectivity index (χ2v) is 4.59. The maximum atomic E-state index is 11.6. The Bertz CT molecular complexity index is 483. The molecule has 1 rings (SSSR count). The predicted octanol–water partition coefficient (Wildman–Crippen LogP) is 1.36. The lowest BCUT2D eigenvalue weighted by Crippen LogP contribution is -2.48. The maximum Gasteiger partial charge on any atom is 0.276 e. The first-order chi connectivity index (χ1) is 9.54. The number of amides is 1. The lowest BCUT2D eigenvalue weighted by molar-refractivity contribution is -0.123. The summed E-state index contributed by atoms with van der Waals surface area (Å²) < 4.78 is 5.51. The van der Waals surface area contributed by atoms with Crippen LogP contribution in [0, 0.1) is 13.8 Å². The fourth-order valence-electron chi connectivity index (χ4n) is 1.54. The summed E-state index contributed by atoms with van der Waals surface area (Å²) in [5, 5.41) is 3.15. The number of benzene rings is 1. The molecule has 20 heavy (non-hydrogen) atoms. The van der Waals surface area contributed by atoms with E-state index >= 15 is 0 Å². The highest BCUT2D eigenvalue weighted by Crippen LogP contribution is 2.21. The van der Waals surface area contributed by atoms with E-state index in [1.165, 1.54) is 0 Å². The van der Waals surface area contributed by atoms with Gasteiger partial charge in [-0.3, -0.25) is 15.6 Å². The van der Waals surface area contributed by atoms with E-state index in [4.69, 9.17) is 17.0 Å². The molecule has 0 heterocycles. The zero-order chi connectivity index (χ0) is 15.0. The smallest absolute Gasteiger partial charge is 0.276 e. The summed E-state index contributed by atoms with van der Waals surface area (Å²) in [6, 6.07) is 5.82. The van der Waals surface area contributed by atoms with E-state index in [0.717, 1.165) is 16.9 Å². The van der Waals surface area contributed by atoms with Crippen molar-refractivity contribution in [1.29, 1.82) is 0 Å². The summed E-state index contributed by atoms with van der Waals surface area (Å²) in [5.74, 6) is 0.422. The molecule has 3 N–H and O–H groups in total. The molecule has 0 bridgehead atoms. The van der Waals surface area contributed by atoms with Gasteiger partial charge < -0.3 is 10.1 Å². The highest BCUT2D eigenvalue weighted by atomic mass is 32.1. The van der Waals surface area contributed by atoms with Crippen LogP contribution in [0.3, 0.4) is 0 Å². The van der Waals surface area contributed by atoms with Crippen molar-refractivity contribution in [3.8, 4) is 5.75 Å². The Morgan fingerprint density at radius 3 is 2.60 bits per heavy atom. The molecular formula is C14H19N3O2S. The Hall–Kier alpha value is -2.08.